The number of methoxy groups -OCH3 is 2. The largest absolute Gasteiger partial charge is 0.495 e. The predicted molar refractivity (Wildman–Crippen MR) is 75.3 cm³/mol. The van der Waals surface area contributed by atoms with Gasteiger partial charge in [0, 0.05) is 24.2 Å². The minimum absolute atomic E-state index is 0.0682. The molecule has 1 amide bonds. The van der Waals surface area contributed by atoms with Crippen molar-refractivity contribution in [2.75, 3.05) is 19.5 Å². The van der Waals surface area contributed by atoms with Crippen LogP contribution in [0.25, 0.3) is 0 Å². The fourth-order valence-electron chi connectivity index (χ4n) is 1.40. The molecule has 0 radical (unpaired) electrons. The Labute approximate surface area is 115 Å². The lowest BCUT2D eigenvalue weighted by atomic mass is 10.2. The van der Waals surface area contributed by atoms with Crippen molar-refractivity contribution in [2.45, 2.75) is 12.8 Å². The number of ether oxygens (including phenoxy) is 2. The highest BCUT2D eigenvalue weighted by Crippen LogP contribution is 2.37. The van der Waals surface area contributed by atoms with Gasteiger partial charge >= 0.3 is 0 Å². The van der Waals surface area contributed by atoms with Crippen LogP contribution in [0.5, 0.6) is 11.5 Å². The number of hydrogen-bond donors (Lipinski definition) is 1. The first-order valence-electron chi connectivity index (χ1n) is 5.44. The van der Waals surface area contributed by atoms with Crippen molar-refractivity contribution in [1.82, 2.24) is 0 Å². The van der Waals surface area contributed by atoms with Crippen LogP contribution in [-0.4, -0.2) is 20.1 Å². The lowest BCUT2D eigenvalue weighted by Crippen LogP contribution is -2.11. The summed E-state index contributed by atoms with van der Waals surface area (Å²) in [5.41, 5.74) is 0.640. The molecule has 0 atom stereocenters. The van der Waals surface area contributed by atoms with Crippen molar-refractivity contribution >= 4 is 27.5 Å². The van der Waals surface area contributed by atoms with E-state index in [1.807, 2.05) is 0 Å². The van der Waals surface area contributed by atoms with Crippen molar-refractivity contribution in [2.24, 2.45) is 0 Å². The highest BCUT2D eigenvalue weighted by atomic mass is 79.9. The summed E-state index contributed by atoms with van der Waals surface area (Å²) in [7, 11) is 3.12. The molecule has 5 heteroatoms. The monoisotopic (exact) mass is 313 g/mol. The van der Waals surface area contributed by atoms with Gasteiger partial charge in [-0.3, -0.25) is 4.79 Å². The van der Waals surface area contributed by atoms with Gasteiger partial charge in [0.25, 0.3) is 0 Å². The Morgan fingerprint density at radius 1 is 1.39 bits per heavy atom. The number of allylic oxidation sites excluding steroid dienone is 1. The summed E-state index contributed by atoms with van der Waals surface area (Å²) in [6.07, 6.45) is 2.77. The third-order valence-electron chi connectivity index (χ3n) is 2.30. The molecule has 0 saturated heterocycles. The molecule has 1 aromatic carbocycles. The van der Waals surface area contributed by atoms with E-state index in [2.05, 4.69) is 27.8 Å². The smallest absolute Gasteiger partial charge is 0.224 e. The van der Waals surface area contributed by atoms with E-state index >= 15 is 0 Å². The molecular formula is C13H16BrNO3. The van der Waals surface area contributed by atoms with Crippen LogP contribution in [0.3, 0.4) is 0 Å². The number of rotatable bonds is 6. The van der Waals surface area contributed by atoms with Crippen LogP contribution in [0, 0.1) is 0 Å². The van der Waals surface area contributed by atoms with Gasteiger partial charge in [0.15, 0.2) is 0 Å². The van der Waals surface area contributed by atoms with Gasteiger partial charge in [-0.15, -0.1) is 6.58 Å². The maximum Gasteiger partial charge on any atom is 0.224 e. The van der Waals surface area contributed by atoms with Crippen LogP contribution >= 0.6 is 15.9 Å². The molecule has 1 rings (SSSR count). The van der Waals surface area contributed by atoms with Crippen LogP contribution in [0.1, 0.15) is 12.8 Å². The van der Waals surface area contributed by atoms with E-state index < -0.39 is 0 Å². The number of benzene rings is 1. The highest BCUT2D eigenvalue weighted by Gasteiger charge is 2.11. The second-order valence-electron chi connectivity index (χ2n) is 3.57. The van der Waals surface area contributed by atoms with Crippen LogP contribution < -0.4 is 14.8 Å². The zero-order chi connectivity index (χ0) is 13.5. The molecule has 0 aliphatic heterocycles. The number of hydrogen-bond acceptors (Lipinski definition) is 3. The standard InChI is InChI=1S/C13H16BrNO3/c1-4-5-6-12(16)15-9-7-10(17-2)13(14)11(8-9)18-3/h4,7-8H,1,5-6H2,2-3H3,(H,15,16). The Morgan fingerprint density at radius 2 is 1.94 bits per heavy atom. The summed E-state index contributed by atoms with van der Waals surface area (Å²) in [6.45, 7) is 3.58. The van der Waals surface area contributed by atoms with Gasteiger partial charge in [-0.2, -0.15) is 0 Å². The lowest BCUT2D eigenvalue weighted by Gasteiger charge is -2.12. The second kappa shape index (κ2) is 7.06. The van der Waals surface area contributed by atoms with Gasteiger partial charge < -0.3 is 14.8 Å². The Balaban J connectivity index is 2.89. The van der Waals surface area contributed by atoms with Gasteiger partial charge in [-0.05, 0) is 22.4 Å². The SMILES string of the molecule is C=CCCC(=O)Nc1cc(OC)c(Br)c(OC)c1. The zero-order valence-corrected chi connectivity index (χ0v) is 12.0. The predicted octanol–water partition coefficient (Wildman–Crippen LogP) is 3.37. The van der Waals surface area contributed by atoms with Gasteiger partial charge in [0.05, 0.1) is 14.2 Å². The molecule has 0 bridgehead atoms. The molecule has 0 aliphatic rings. The van der Waals surface area contributed by atoms with E-state index in [1.165, 1.54) is 0 Å². The average molecular weight is 314 g/mol. The second-order valence-corrected chi connectivity index (χ2v) is 4.36. The Kier molecular flexibility index (Phi) is 5.71. The molecule has 1 aromatic rings. The number of carbonyl (C=O) groups excluding carboxylic acids is 1. The fraction of sp³-hybridized carbons (Fsp3) is 0.308. The molecule has 98 valence electrons. The summed E-state index contributed by atoms with van der Waals surface area (Å²) in [6, 6.07) is 3.47. The molecule has 0 fully saturated rings. The number of amides is 1. The minimum atomic E-state index is -0.0682. The van der Waals surface area contributed by atoms with Crippen LogP contribution in [-0.2, 0) is 4.79 Å². The summed E-state index contributed by atoms with van der Waals surface area (Å²) in [4.78, 5) is 11.6. The Hall–Kier alpha value is -1.49. The summed E-state index contributed by atoms with van der Waals surface area (Å²) < 4.78 is 11.1. The first-order valence-corrected chi connectivity index (χ1v) is 6.24. The molecule has 0 spiro atoms. The van der Waals surface area contributed by atoms with E-state index in [1.54, 1.807) is 32.4 Å². The van der Waals surface area contributed by atoms with E-state index in [0.717, 1.165) is 4.47 Å². The fourth-order valence-corrected chi connectivity index (χ4v) is 1.95. The van der Waals surface area contributed by atoms with Crippen molar-refractivity contribution in [3.63, 3.8) is 0 Å². The topological polar surface area (TPSA) is 47.6 Å². The first-order chi connectivity index (χ1) is 8.62. The maximum absolute atomic E-state index is 11.6. The highest BCUT2D eigenvalue weighted by molar-refractivity contribution is 9.10. The number of nitrogens with one attached hydrogen (secondary N) is 1. The number of halogens is 1. The molecule has 0 aliphatic carbocycles. The van der Waals surface area contributed by atoms with Crippen molar-refractivity contribution in [3.05, 3.63) is 29.3 Å². The van der Waals surface area contributed by atoms with Crippen LogP contribution in [0.4, 0.5) is 5.69 Å². The van der Waals surface area contributed by atoms with Gasteiger partial charge in [0.1, 0.15) is 16.0 Å². The molecule has 1 N–H and O–H groups in total. The summed E-state index contributed by atoms with van der Waals surface area (Å²) in [5.74, 6) is 1.14. The van der Waals surface area contributed by atoms with Gasteiger partial charge in [-0.1, -0.05) is 6.08 Å². The molecule has 0 aromatic heterocycles. The quantitative estimate of drug-likeness (QED) is 0.819. The Morgan fingerprint density at radius 3 is 2.39 bits per heavy atom. The van der Waals surface area contributed by atoms with E-state index in [0.29, 0.717) is 30.0 Å². The van der Waals surface area contributed by atoms with E-state index in [-0.39, 0.29) is 5.91 Å². The van der Waals surface area contributed by atoms with Crippen LogP contribution in [0.2, 0.25) is 0 Å². The normalized spacial score (nSPS) is 9.72. The third-order valence-corrected chi connectivity index (χ3v) is 3.09. The number of carbonyl (C=O) groups is 1. The molecule has 0 saturated carbocycles. The average Bonchev–Trinajstić information content (AvgIpc) is 2.38. The molecular weight excluding hydrogens is 298 g/mol. The van der Waals surface area contributed by atoms with Crippen molar-refractivity contribution in [1.29, 1.82) is 0 Å². The van der Waals surface area contributed by atoms with E-state index in [9.17, 15) is 4.79 Å². The summed E-state index contributed by atoms with van der Waals surface area (Å²) >= 11 is 3.37. The minimum Gasteiger partial charge on any atom is -0.495 e. The molecule has 0 unspecified atom stereocenters. The maximum atomic E-state index is 11.6. The zero-order valence-electron chi connectivity index (χ0n) is 10.5. The van der Waals surface area contributed by atoms with Crippen molar-refractivity contribution in [3.8, 4) is 11.5 Å². The third kappa shape index (κ3) is 3.77. The van der Waals surface area contributed by atoms with E-state index in [4.69, 9.17) is 9.47 Å². The molecule has 4 nitrogen and oxygen atoms in total. The lowest BCUT2D eigenvalue weighted by molar-refractivity contribution is -0.116. The van der Waals surface area contributed by atoms with Crippen LogP contribution in [0.15, 0.2) is 29.3 Å². The Bertz CT molecular complexity index is 421. The molecule has 18 heavy (non-hydrogen) atoms. The first kappa shape index (κ1) is 14.6. The number of anilines is 1. The molecule has 0 heterocycles. The van der Waals surface area contributed by atoms with Crippen molar-refractivity contribution < 1.29 is 14.3 Å². The summed E-state index contributed by atoms with van der Waals surface area (Å²) in [5, 5.41) is 2.79. The van der Waals surface area contributed by atoms with Gasteiger partial charge in [-0.25, -0.2) is 0 Å². The van der Waals surface area contributed by atoms with Gasteiger partial charge in [0.2, 0.25) is 5.91 Å².